The fourth-order valence-corrected chi connectivity index (χ4v) is 2.89. The highest BCUT2D eigenvalue weighted by atomic mass is 14.9. The summed E-state index contributed by atoms with van der Waals surface area (Å²) in [5, 5.41) is 3.84. The fourth-order valence-electron chi connectivity index (χ4n) is 2.89. The number of hydrogen-bond donors (Lipinski definition) is 1. The lowest BCUT2D eigenvalue weighted by atomic mass is 9.93. The van der Waals surface area contributed by atoms with E-state index in [0.717, 1.165) is 11.8 Å². The smallest absolute Gasteiger partial charge is 0.0296 e. The summed E-state index contributed by atoms with van der Waals surface area (Å²) < 4.78 is 0. The van der Waals surface area contributed by atoms with Gasteiger partial charge in [0.25, 0.3) is 0 Å². The molecule has 1 aromatic rings. The molecule has 1 atom stereocenters. The molecule has 0 aliphatic heterocycles. The lowest BCUT2D eigenvalue weighted by molar-refractivity contribution is 0.335. The molecular weight excluding hydrogens is 230 g/mol. The standard InChI is InChI=1S/C18H31N/c1-13(2)11-17(12-14(3)4)19-16(6)18-10-8-7-9-15(18)5/h7-10,13-14,16-17,19H,11-12H2,1-6H3/t16-/m0/s1. The minimum absolute atomic E-state index is 0.434. The molecule has 1 aromatic carbocycles. The number of rotatable bonds is 7. The zero-order valence-electron chi connectivity index (χ0n) is 13.5. The van der Waals surface area contributed by atoms with Crippen molar-refractivity contribution in [2.45, 2.75) is 66.5 Å². The first-order valence-corrected chi connectivity index (χ1v) is 7.71. The van der Waals surface area contributed by atoms with Gasteiger partial charge in [-0.1, -0.05) is 52.0 Å². The molecule has 1 N–H and O–H groups in total. The number of hydrogen-bond acceptors (Lipinski definition) is 1. The summed E-state index contributed by atoms with van der Waals surface area (Å²) in [5.74, 6) is 1.50. The van der Waals surface area contributed by atoms with Crippen LogP contribution in [-0.2, 0) is 0 Å². The second kappa shape index (κ2) is 7.69. The van der Waals surface area contributed by atoms with Crippen LogP contribution in [0.15, 0.2) is 24.3 Å². The highest BCUT2D eigenvalue weighted by Gasteiger charge is 2.16. The van der Waals surface area contributed by atoms with E-state index in [2.05, 4.69) is 71.1 Å². The van der Waals surface area contributed by atoms with Crippen LogP contribution in [-0.4, -0.2) is 6.04 Å². The molecular formula is C18H31N. The molecule has 0 aromatic heterocycles. The van der Waals surface area contributed by atoms with Crippen LogP contribution < -0.4 is 5.32 Å². The Balaban J connectivity index is 2.70. The van der Waals surface area contributed by atoms with Gasteiger partial charge in [-0.25, -0.2) is 0 Å². The Hall–Kier alpha value is -0.820. The number of benzene rings is 1. The van der Waals surface area contributed by atoms with Crippen molar-refractivity contribution in [2.75, 3.05) is 0 Å². The molecule has 0 bridgehead atoms. The maximum absolute atomic E-state index is 3.84. The average molecular weight is 261 g/mol. The predicted molar refractivity (Wildman–Crippen MR) is 85.4 cm³/mol. The average Bonchev–Trinajstić information content (AvgIpc) is 2.27. The van der Waals surface area contributed by atoms with Crippen LogP contribution in [0.4, 0.5) is 0 Å². The van der Waals surface area contributed by atoms with Crippen LogP contribution in [0.5, 0.6) is 0 Å². The molecule has 0 saturated heterocycles. The fraction of sp³-hybridized carbons (Fsp3) is 0.667. The first-order valence-electron chi connectivity index (χ1n) is 7.71. The van der Waals surface area contributed by atoms with Gasteiger partial charge in [0.2, 0.25) is 0 Å². The first kappa shape index (κ1) is 16.2. The zero-order chi connectivity index (χ0) is 14.4. The van der Waals surface area contributed by atoms with Gasteiger partial charge in [0.1, 0.15) is 0 Å². The summed E-state index contributed by atoms with van der Waals surface area (Å²) >= 11 is 0. The van der Waals surface area contributed by atoms with Crippen molar-refractivity contribution < 1.29 is 0 Å². The predicted octanol–water partition coefficient (Wildman–Crippen LogP) is 5.11. The SMILES string of the molecule is Cc1ccccc1[C@H](C)NC(CC(C)C)CC(C)C. The largest absolute Gasteiger partial charge is 0.307 e. The molecule has 1 rings (SSSR count). The summed E-state index contributed by atoms with van der Waals surface area (Å²) in [4.78, 5) is 0. The third-order valence-corrected chi connectivity index (χ3v) is 3.65. The molecule has 108 valence electrons. The van der Waals surface area contributed by atoms with E-state index in [-0.39, 0.29) is 0 Å². The van der Waals surface area contributed by atoms with E-state index in [1.807, 2.05) is 0 Å². The molecule has 0 aliphatic carbocycles. The Bertz CT molecular complexity index is 358. The highest BCUT2D eigenvalue weighted by molar-refractivity contribution is 5.28. The maximum atomic E-state index is 3.84. The molecule has 0 spiro atoms. The van der Waals surface area contributed by atoms with Crippen LogP contribution in [0, 0.1) is 18.8 Å². The molecule has 0 aliphatic rings. The van der Waals surface area contributed by atoms with Gasteiger partial charge in [-0.3, -0.25) is 0 Å². The minimum atomic E-state index is 0.434. The van der Waals surface area contributed by atoms with E-state index in [1.54, 1.807) is 0 Å². The monoisotopic (exact) mass is 261 g/mol. The van der Waals surface area contributed by atoms with Gasteiger partial charge >= 0.3 is 0 Å². The van der Waals surface area contributed by atoms with Crippen molar-refractivity contribution in [3.8, 4) is 0 Å². The Labute approximate surface area is 119 Å². The Kier molecular flexibility index (Phi) is 6.57. The van der Waals surface area contributed by atoms with E-state index < -0.39 is 0 Å². The molecule has 0 unspecified atom stereocenters. The van der Waals surface area contributed by atoms with Crippen LogP contribution in [0.1, 0.15) is 64.6 Å². The van der Waals surface area contributed by atoms with E-state index in [9.17, 15) is 0 Å². The number of nitrogens with one attached hydrogen (secondary N) is 1. The molecule has 0 saturated carbocycles. The zero-order valence-corrected chi connectivity index (χ0v) is 13.5. The Morgan fingerprint density at radius 3 is 1.89 bits per heavy atom. The van der Waals surface area contributed by atoms with Crippen LogP contribution in [0.2, 0.25) is 0 Å². The Morgan fingerprint density at radius 1 is 0.895 bits per heavy atom. The third-order valence-electron chi connectivity index (χ3n) is 3.65. The van der Waals surface area contributed by atoms with E-state index in [1.165, 1.54) is 24.0 Å². The van der Waals surface area contributed by atoms with Gasteiger partial charge in [-0.05, 0) is 49.7 Å². The summed E-state index contributed by atoms with van der Waals surface area (Å²) in [6.45, 7) is 13.7. The van der Waals surface area contributed by atoms with Crippen LogP contribution in [0.25, 0.3) is 0 Å². The topological polar surface area (TPSA) is 12.0 Å². The quantitative estimate of drug-likeness (QED) is 0.719. The Morgan fingerprint density at radius 2 is 1.42 bits per heavy atom. The lowest BCUT2D eigenvalue weighted by Crippen LogP contribution is -2.34. The van der Waals surface area contributed by atoms with Crippen molar-refractivity contribution in [1.29, 1.82) is 0 Å². The van der Waals surface area contributed by atoms with Gasteiger partial charge in [-0.15, -0.1) is 0 Å². The van der Waals surface area contributed by atoms with E-state index in [0.29, 0.717) is 12.1 Å². The van der Waals surface area contributed by atoms with Gasteiger partial charge in [0, 0.05) is 12.1 Å². The second-order valence-corrected chi connectivity index (χ2v) is 6.70. The molecule has 1 nitrogen and oxygen atoms in total. The molecule has 0 heterocycles. The van der Waals surface area contributed by atoms with Gasteiger partial charge in [0.05, 0.1) is 0 Å². The molecule has 0 fully saturated rings. The summed E-state index contributed by atoms with van der Waals surface area (Å²) in [5.41, 5.74) is 2.82. The number of aryl methyl sites for hydroxylation is 1. The van der Waals surface area contributed by atoms with Crippen molar-refractivity contribution in [2.24, 2.45) is 11.8 Å². The van der Waals surface area contributed by atoms with E-state index in [4.69, 9.17) is 0 Å². The van der Waals surface area contributed by atoms with Crippen molar-refractivity contribution in [3.05, 3.63) is 35.4 Å². The summed E-state index contributed by atoms with van der Waals surface area (Å²) in [6.07, 6.45) is 2.52. The lowest BCUT2D eigenvalue weighted by Gasteiger charge is -2.27. The van der Waals surface area contributed by atoms with Gasteiger partial charge in [-0.2, -0.15) is 0 Å². The van der Waals surface area contributed by atoms with E-state index >= 15 is 0 Å². The minimum Gasteiger partial charge on any atom is -0.307 e. The molecule has 0 amide bonds. The van der Waals surface area contributed by atoms with Crippen LogP contribution >= 0.6 is 0 Å². The summed E-state index contributed by atoms with van der Waals surface area (Å²) in [7, 11) is 0. The second-order valence-electron chi connectivity index (χ2n) is 6.70. The third kappa shape index (κ3) is 5.78. The van der Waals surface area contributed by atoms with Gasteiger partial charge < -0.3 is 5.32 Å². The highest BCUT2D eigenvalue weighted by Crippen LogP contribution is 2.21. The normalized spacial score (nSPS) is 13.5. The van der Waals surface area contributed by atoms with Crippen molar-refractivity contribution >= 4 is 0 Å². The van der Waals surface area contributed by atoms with Crippen molar-refractivity contribution in [3.63, 3.8) is 0 Å². The van der Waals surface area contributed by atoms with Crippen molar-refractivity contribution in [1.82, 2.24) is 5.32 Å². The summed E-state index contributed by atoms with van der Waals surface area (Å²) in [6, 6.07) is 9.76. The molecule has 1 heteroatoms. The van der Waals surface area contributed by atoms with Crippen LogP contribution in [0.3, 0.4) is 0 Å². The molecule has 0 radical (unpaired) electrons. The molecule has 19 heavy (non-hydrogen) atoms. The maximum Gasteiger partial charge on any atom is 0.0296 e. The first-order chi connectivity index (χ1) is 8.90. The van der Waals surface area contributed by atoms with Gasteiger partial charge in [0.15, 0.2) is 0 Å².